The number of hydrogen-bond donors (Lipinski definition) is 0. The van der Waals surface area contributed by atoms with E-state index in [0.29, 0.717) is 23.5 Å². The number of aryl methyl sites for hydroxylation is 2. The molecule has 241 valence electrons. The van der Waals surface area contributed by atoms with Crippen molar-refractivity contribution in [2.75, 3.05) is 0 Å². The monoisotopic (exact) mass is 804 g/mol. The first kappa shape index (κ1) is 35.4. The molecule has 0 amide bonds. The van der Waals surface area contributed by atoms with Crippen molar-refractivity contribution in [3.8, 4) is 22.5 Å². The van der Waals surface area contributed by atoms with Crippen LogP contribution in [-0.2, 0) is 20.1 Å². The molecule has 6 aromatic rings. The Hall–Kier alpha value is -3.44. The van der Waals surface area contributed by atoms with Crippen molar-refractivity contribution < 1.29 is 24.5 Å². The standard InChI is InChI=1S/C23H23N2O.C17H22NSi.Ir/c1-13(2)16(5)20-11-21(24-12-14(20)3)19-8-6-7-17-18-10-9-15(4)25-23(18)26-22(17)19;1-13(2)15-11-16(14-9-7-6-8-10-14)18-12-17(15)19(3,4)5;/h6-7,9-13,16H,1-5H3;6-9,11-13H,1-5H3;/q2*-1;. The number of benzene rings is 2. The molecule has 1 atom stereocenters. The van der Waals surface area contributed by atoms with E-state index >= 15 is 0 Å². The maximum Gasteiger partial charge on any atom is 0.216 e. The van der Waals surface area contributed by atoms with Crippen molar-refractivity contribution in [1.29, 1.82) is 0 Å². The molecule has 0 fully saturated rings. The minimum atomic E-state index is -1.34. The molecular weight excluding hydrogens is 759 g/mol. The largest absolute Gasteiger partial charge is 0.486 e. The average molecular weight is 804 g/mol. The molecule has 6 rings (SSSR count). The summed E-state index contributed by atoms with van der Waals surface area (Å²) in [5, 5.41) is 3.56. The van der Waals surface area contributed by atoms with Crippen LogP contribution in [0.2, 0.25) is 19.6 Å². The molecule has 0 bridgehead atoms. The number of pyridine rings is 3. The van der Waals surface area contributed by atoms with E-state index in [1.165, 1.54) is 21.9 Å². The molecule has 0 saturated heterocycles. The molecule has 1 unspecified atom stereocenters. The Balaban J connectivity index is 0.000000215. The van der Waals surface area contributed by atoms with Gasteiger partial charge < -0.3 is 14.4 Å². The second-order valence-electron chi connectivity index (χ2n) is 13.8. The molecule has 2 aromatic carbocycles. The Labute approximate surface area is 289 Å². The van der Waals surface area contributed by atoms with Crippen molar-refractivity contribution in [3.05, 3.63) is 108 Å². The van der Waals surface area contributed by atoms with Gasteiger partial charge in [0, 0.05) is 43.6 Å². The minimum Gasteiger partial charge on any atom is -0.486 e. The number of hydrogen-bond acceptors (Lipinski definition) is 4. The third-order valence-corrected chi connectivity index (χ3v) is 10.7. The smallest absolute Gasteiger partial charge is 0.216 e. The van der Waals surface area contributed by atoms with Gasteiger partial charge in [0.25, 0.3) is 0 Å². The topological polar surface area (TPSA) is 51.8 Å². The van der Waals surface area contributed by atoms with Crippen LogP contribution in [0.4, 0.5) is 0 Å². The Kier molecular flexibility index (Phi) is 11.2. The van der Waals surface area contributed by atoms with Crippen molar-refractivity contribution in [1.82, 2.24) is 15.0 Å². The Morgan fingerprint density at radius 1 is 0.761 bits per heavy atom. The first-order chi connectivity index (χ1) is 21.3. The number of rotatable bonds is 6. The molecule has 0 N–H and O–H groups in total. The van der Waals surface area contributed by atoms with Crippen LogP contribution in [0.15, 0.2) is 77.5 Å². The summed E-state index contributed by atoms with van der Waals surface area (Å²) in [6.07, 6.45) is 4.05. The van der Waals surface area contributed by atoms with Crippen molar-refractivity contribution in [2.24, 2.45) is 5.92 Å². The minimum absolute atomic E-state index is 0. The summed E-state index contributed by atoms with van der Waals surface area (Å²) < 4.78 is 6.11. The molecule has 4 aromatic heterocycles. The van der Waals surface area contributed by atoms with Gasteiger partial charge in [0.2, 0.25) is 5.71 Å². The summed E-state index contributed by atoms with van der Waals surface area (Å²) in [7, 11) is -1.34. The van der Waals surface area contributed by atoms with E-state index in [1.807, 2.05) is 49.5 Å². The molecule has 4 heterocycles. The van der Waals surface area contributed by atoms with Gasteiger partial charge in [-0.2, -0.15) is 0 Å². The fourth-order valence-corrected chi connectivity index (χ4v) is 7.38. The van der Waals surface area contributed by atoms with Crippen LogP contribution < -0.4 is 5.19 Å². The van der Waals surface area contributed by atoms with Crippen LogP contribution in [0.25, 0.3) is 44.6 Å². The van der Waals surface area contributed by atoms with E-state index in [0.717, 1.165) is 44.6 Å². The quantitative estimate of drug-likeness (QED) is 0.124. The zero-order valence-corrected chi connectivity index (χ0v) is 32.1. The van der Waals surface area contributed by atoms with E-state index < -0.39 is 8.07 Å². The van der Waals surface area contributed by atoms with Gasteiger partial charge in [0.1, 0.15) is 0 Å². The van der Waals surface area contributed by atoms with Crippen molar-refractivity contribution in [3.63, 3.8) is 0 Å². The molecule has 0 saturated carbocycles. The second-order valence-corrected chi connectivity index (χ2v) is 18.8. The molecule has 4 nitrogen and oxygen atoms in total. The fraction of sp³-hybridized carbons (Fsp3) is 0.325. The molecule has 0 aliphatic heterocycles. The van der Waals surface area contributed by atoms with Crippen LogP contribution in [0.5, 0.6) is 0 Å². The van der Waals surface area contributed by atoms with Crippen molar-refractivity contribution >= 4 is 35.3 Å². The van der Waals surface area contributed by atoms with Crippen LogP contribution in [0, 0.1) is 31.9 Å². The Bertz CT molecular complexity index is 1940. The van der Waals surface area contributed by atoms with Crippen molar-refractivity contribution in [2.45, 2.75) is 79.9 Å². The predicted octanol–water partition coefficient (Wildman–Crippen LogP) is 10.4. The SMILES string of the molecule is CC(C)c1cc(-c2[c-]cccc2)ncc1[Si](C)(C)C.Cc1ccc2c(n1)oc1c(-c3cc(C(C)C(C)C)c(C)cn3)[c-]ccc12.[Ir]. The summed E-state index contributed by atoms with van der Waals surface area (Å²) in [5.41, 5.74) is 10.3. The molecule has 46 heavy (non-hydrogen) atoms. The molecular formula is C40H45IrN3OSi-2. The van der Waals surface area contributed by atoms with E-state index in [-0.39, 0.29) is 20.1 Å². The summed E-state index contributed by atoms with van der Waals surface area (Å²) in [4.78, 5) is 13.9. The third-order valence-electron chi connectivity index (χ3n) is 8.68. The maximum atomic E-state index is 6.11. The zero-order valence-electron chi connectivity index (χ0n) is 28.7. The first-order valence-electron chi connectivity index (χ1n) is 16.0. The average Bonchev–Trinajstić information content (AvgIpc) is 3.38. The summed E-state index contributed by atoms with van der Waals surface area (Å²) in [6.45, 7) is 22.5. The van der Waals surface area contributed by atoms with Gasteiger partial charge in [0.15, 0.2) is 0 Å². The molecule has 0 aliphatic carbocycles. The summed E-state index contributed by atoms with van der Waals surface area (Å²) in [5.74, 6) is 1.57. The van der Waals surface area contributed by atoms with Gasteiger partial charge in [-0.05, 0) is 71.4 Å². The number of nitrogens with zero attached hydrogens (tertiary/aromatic N) is 3. The van der Waals surface area contributed by atoms with Gasteiger partial charge in [0.05, 0.1) is 13.7 Å². The third kappa shape index (κ3) is 7.57. The maximum absolute atomic E-state index is 6.11. The van der Waals surface area contributed by atoms with E-state index in [4.69, 9.17) is 4.42 Å². The molecule has 1 radical (unpaired) electrons. The van der Waals surface area contributed by atoms with Crippen LogP contribution in [0.1, 0.15) is 68.8 Å². The van der Waals surface area contributed by atoms with Gasteiger partial charge in [-0.15, -0.1) is 54.1 Å². The van der Waals surface area contributed by atoms with Crippen LogP contribution >= 0.6 is 0 Å². The second kappa shape index (κ2) is 14.5. The number of furan rings is 1. The first-order valence-corrected chi connectivity index (χ1v) is 19.5. The fourth-order valence-electron chi connectivity index (χ4n) is 5.71. The van der Waals surface area contributed by atoms with E-state index in [1.54, 1.807) is 0 Å². The Morgan fingerprint density at radius 2 is 1.48 bits per heavy atom. The Morgan fingerprint density at radius 3 is 2.13 bits per heavy atom. The summed E-state index contributed by atoms with van der Waals surface area (Å²) in [6, 6.07) is 27.1. The van der Waals surface area contributed by atoms with Gasteiger partial charge >= 0.3 is 0 Å². The van der Waals surface area contributed by atoms with Gasteiger partial charge in [-0.1, -0.05) is 82.9 Å². The molecule has 0 spiro atoms. The zero-order chi connectivity index (χ0) is 32.5. The van der Waals surface area contributed by atoms with E-state index in [9.17, 15) is 0 Å². The molecule has 0 aliphatic rings. The number of fused-ring (bicyclic) bond motifs is 3. The number of aromatic nitrogens is 3. The van der Waals surface area contributed by atoms with E-state index in [2.05, 4.69) is 119 Å². The normalized spacial score (nSPS) is 12.3. The summed E-state index contributed by atoms with van der Waals surface area (Å²) >= 11 is 0. The molecule has 6 heteroatoms. The van der Waals surface area contributed by atoms with Crippen LogP contribution in [0.3, 0.4) is 0 Å². The van der Waals surface area contributed by atoms with Crippen LogP contribution in [-0.4, -0.2) is 23.0 Å². The predicted molar refractivity (Wildman–Crippen MR) is 192 cm³/mol. The van der Waals surface area contributed by atoms with Gasteiger partial charge in [-0.25, -0.2) is 4.98 Å². The van der Waals surface area contributed by atoms with Gasteiger partial charge in [-0.3, -0.25) is 0 Å².